The van der Waals surface area contributed by atoms with Gasteiger partial charge in [-0.1, -0.05) is 75.2 Å². The molecular weight excluding hydrogens is 542 g/mol. The zero-order valence-electron chi connectivity index (χ0n) is 15.8. The molecule has 0 nitrogen and oxygen atoms in total. The van der Waals surface area contributed by atoms with Crippen molar-refractivity contribution in [2.45, 2.75) is 49.9 Å². The van der Waals surface area contributed by atoms with Crippen LogP contribution < -0.4 is 24.8 Å². The second kappa shape index (κ2) is 10.4. The van der Waals surface area contributed by atoms with Gasteiger partial charge >= 0.3 is 25.8 Å². The number of hydrogen-bond donors (Lipinski definition) is 0. The van der Waals surface area contributed by atoms with E-state index >= 15 is 0 Å². The van der Waals surface area contributed by atoms with Crippen LogP contribution in [-0.2, 0) is 25.8 Å². The molecule has 0 amide bonds. The molecule has 0 aromatic rings. The maximum atomic E-state index is 2.77. The van der Waals surface area contributed by atoms with Crippen molar-refractivity contribution in [1.82, 2.24) is 0 Å². The molecule has 4 rings (SSSR count). The van der Waals surface area contributed by atoms with E-state index in [0.29, 0.717) is 0 Å². The van der Waals surface area contributed by atoms with E-state index < -0.39 is 8.07 Å². The van der Waals surface area contributed by atoms with Crippen LogP contribution in [-0.4, -0.2) is 8.07 Å². The van der Waals surface area contributed by atoms with Gasteiger partial charge in [-0.15, -0.1) is 24.0 Å². The number of allylic oxidation sites excluding steroid dienone is 8. The first kappa shape index (κ1) is 24.7. The average Bonchev–Trinajstić information content (AvgIpc) is 3.21. The normalized spacial score (nSPS) is 36.5. The van der Waals surface area contributed by atoms with E-state index in [9.17, 15) is 0 Å². The molecule has 0 spiro atoms. The maximum absolute atomic E-state index is 2.77. The summed E-state index contributed by atoms with van der Waals surface area (Å²) >= 11 is 0. The molecule has 2 fully saturated rings. The summed E-state index contributed by atoms with van der Waals surface area (Å²) in [6.45, 7) is 5.00. The van der Waals surface area contributed by atoms with Crippen LogP contribution >= 0.6 is 0 Å². The second-order valence-electron chi connectivity index (χ2n) is 8.03. The van der Waals surface area contributed by atoms with Gasteiger partial charge in [0.25, 0.3) is 0 Å². The van der Waals surface area contributed by atoms with Crippen molar-refractivity contribution in [1.29, 1.82) is 0 Å². The minimum atomic E-state index is -1.30. The molecule has 2 saturated carbocycles. The van der Waals surface area contributed by atoms with Crippen molar-refractivity contribution in [3.63, 3.8) is 0 Å². The summed E-state index contributed by atoms with van der Waals surface area (Å²) in [5.74, 6) is 3.02. The quantitative estimate of drug-likeness (QED) is 0.333. The van der Waals surface area contributed by atoms with Gasteiger partial charge < -0.3 is 37.7 Å². The Morgan fingerprint density at radius 2 is 1.12 bits per heavy atom. The molecule has 6 atom stereocenters. The van der Waals surface area contributed by atoms with Gasteiger partial charge in [-0.25, -0.2) is 0 Å². The Bertz CT molecular complexity index is 478. The van der Waals surface area contributed by atoms with Crippen LogP contribution in [0.5, 0.6) is 0 Å². The van der Waals surface area contributed by atoms with Gasteiger partial charge in [-0.2, -0.15) is 11.1 Å². The summed E-state index contributed by atoms with van der Waals surface area (Å²) < 4.78 is 0. The van der Waals surface area contributed by atoms with Gasteiger partial charge in [-0.3, -0.25) is 0 Å². The van der Waals surface area contributed by atoms with E-state index in [1.54, 1.807) is 0 Å². The Balaban J connectivity index is 0.00000113. The zero-order valence-corrected chi connectivity index (χ0v) is 21.9. The largest absolute Gasteiger partial charge is 4.00 e. The van der Waals surface area contributed by atoms with E-state index in [0.717, 1.165) is 34.8 Å². The fourth-order valence-corrected chi connectivity index (χ4v) is 11.8. The Labute approximate surface area is 192 Å². The average molecular weight is 572 g/mol. The van der Waals surface area contributed by atoms with Crippen LogP contribution in [0.25, 0.3) is 0 Å². The number of hydrogen-bond acceptors (Lipinski definition) is 0. The van der Waals surface area contributed by atoms with Crippen LogP contribution in [0.4, 0.5) is 0 Å². The first-order valence-electron chi connectivity index (χ1n) is 9.66. The van der Waals surface area contributed by atoms with Crippen molar-refractivity contribution in [3.05, 3.63) is 61.4 Å². The molecule has 0 aromatic heterocycles. The molecule has 0 bridgehead atoms. The topological polar surface area (TPSA) is 0 Å². The second-order valence-corrected chi connectivity index (χ2v) is 13.4. The van der Waals surface area contributed by atoms with Crippen molar-refractivity contribution >= 4 is 8.07 Å². The number of rotatable bonds is 4. The minimum absolute atomic E-state index is 0. The molecule has 140 valence electrons. The number of fused-ring (bicyclic) bond motifs is 2. The molecule has 4 aliphatic rings. The molecule has 4 heteroatoms. The summed E-state index contributed by atoms with van der Waals surface area (Å²) in [5, 5.41) is 0. The molecule has 0 heterocycles. The van der Waals surface area contributed by atoms with E-state index in [2.05, 4.69) is 75.3 Å². The Hall–Kier alpha value is 0.627. The third-order valence-corrected chi connectivity index (χ3v) is 13.8. The van der Waals surface area contributed by atoms with Gasteiger partial charge in [0.1, 0.15) is 0 Å². The van der Waals surface area contributed by atoms with E-state index in [-0.39, 0.29) is 50.7 Å². The van der Waals surface area contributed by atoms with Gasteiger partial charge in [0.2, 0.25) is 0 Å². The van der Waals surface area contributed by atoms with E-state index in [4.69, 9.17) is 0 Å². The summed E-state index contributed by atoms with van der Waals surface area (Å²) in [7, 11) is -1.30. The van der Waals surface area contributed by atoms with Crippen LogP contribution in [0, 0.1) is 36.5 Å². The zero-order chi connectivity index (χ0) is 15.9. The van der Waals surface area contributed by atoms with Crippen molar-refractivity contribution in [2.75, 3.05) is 0 Å². The maximum Gasteiger partial charge on any atom is 4.00 e. The molecule has 4 aliphatic carbocycles. The standard InChI is InChI=1S/C22H30Si.2ClH.Hf/c1-3-23(4-2,21-13-17-9-5-6-10-18(17)14-21)22-15-19-11-7-8-12-20(19)16-22;;;/h5-13,15,17-22H,3-4,14,16H2,1-2H3;2*1H;/q-2;;;+4/p-2. The van der Waals surface area contributed by atoms with Gasteiger partial charge in [0.05, 0.1) is 0 Å². The van der Waals surface area contributed by atoms with Gasteiger partial charge in [0.15, 0.2) is 0 Å². The Morgan fingerprint density at radius 3 is 1.46 bits per heavy atom. The predicted molar refractivity (Wildman–Crippen MR) is 103 cm³/mol. The molecule has 0 saturated heterocycles. The van der Waals surface area contributed by atoms with Gasteiger partial charge in [0, 0.05) is 8.07 Å². The monoisotopic (exact) mass is 572 g/mol. The smallest absolute Gasteiger partial charge is 1.00 e. The van der Waals surface area contributed by atoms with Crippen molar-refractivity contribution in [3.8, 4) is 0 Å². The number of halogens is 2. The van der Waals surface area contributed by atoms with Gasteiger partial charge in [-0.05, 0) is 11.8 Å². The van der Waals surface area contributed by atoms with Crippen LogP contribution in [0.1, 0.15) is 26.7 Å². The summed E-state index contributed by atoms with van der Waals surface area (Å²) in [4.78, 5) is 0. The Morgan fingerprint density at radius 1 is 0.731 bits per heavy atom. The molecular formula is C22H30Cl2HfSi. The molecule has 6 unspecified atom stereocenters. The SMILES string of the molecule is CC[Si](CC)(C1[CH-]C2C=CC=CC2C1)C1[CH-]C2C=CC=CC2C1.[Cl-].[Cl-].[Hf+4]. The molecule has 0 radical (unpaired) electrons. The van der Waals surface area contributed by atoms with E-state index in [1.807, 2.05) is 0 Å². The predicted octanol–water partition coefficient (Wildman–Crippen LogP) is 0.154. The van der Waals surface area contributed by atoms with E-state index in [1.165, 1.54) is 24.9 Å². The third kappa shape index (κ3) is 4.29. The fourth-order valence-electron chi connectivity index (χ4n) is 5.93. The Kier molecular flexibility index (Phi) is 9.88. The summed E-state index contributed by atoms with van der Waals surface area (Å²) in [6, 6.07) is 2.90. The molecule has 0 aliphatic heterocycles. The molecule has 26 heavy (non-hydrogen) atoms. The minimum Gasteiger partial charge on any atom is -1.00 e. The van der Waals surface area contributed by atoms with Crippen molar-refractivity contribution < 1.29 is 50.7 Å². The summed E-state index contributed by atoms with van der Waals surface area (Å²) in [6.07, 6.45) is 27.3. The first-order chi connectivity index (χ1) is 11.3. The van der Waals surface area contributed by atoms with Crippen LogP contribution in [0.15, 0.2) is 48.6 Å². The van der Waals surface area contributed by atoms with Crippen molar-refractivity contribution in [2.24, 2.45) is 23.7 Å². The van der Waals surface area contributed by atoms with Crippen LogP contribution in [0.2, 0.25) is 23.2 Å². The molecule has 0 N–H and O–H groups in total. The summed E-state index contributed by atoms with van der Waals surface area (Å²) in [5.41, 5.74) is 1.82. The van der Waals surface area contributed by atoms with Crippen LogP contribution in [0.3, 0.4) is 0 Å². The fraction of sp³-hybridized carbons (Fsp3) is 0.545. The first-order valence-corrected chi connectivity index (χ1v) is 12.2. The molecule has 0 aromatic carbocycles. The third-order valence-electron chi connectivity index (χ3n) is 7.35.